The van der Waals surface area contributed by atoms with Gasteiger partial charge >= 0.3 is 0 Å². The fourth-order valence-corrected chi connectivity index (χ4v) is 2.80. The largest absolute Gasteiger partial charge is 0.390 e. The van der Waals surface area contributed by atoms with Crippen molar-refractivity contribution in [2.45, 2.75) is 39.7 Å². The van der Waals surface area contributed by atoms with E-state index in [1.165, 1.54) is 22.8 Å². The van der Waals surface area contributed by atoms with E-state index in [4.69, 9.17) is 5.26 Å². The third-order valence-corrected chi connectivity index (χ3v) is 5.31. The number of halogens is 1. The predicted molar refractivity (Wildman–Crippen MR) is 109 cm³/mol. The van der Waals surface area contributed by atoms with E-state index >= 15 is 0 Å². The lowest BCUT2D eigenvalue weighted by Crippen LogP contribution is -2.32. The SMILES string of the molecule is Cc1c(C(=O)C(=O)CC(C)C(C)(C)O)cc(C(=O)Nc2ccc(F)c(C#N)c2)n1C. The highest BCUT2D eigenvalue weighted by Gasteiger charge is 2.30. The van der Waals surface area contributed by atoms with E-state index in [1.807, 2.05) is 0 Å². The van der Waals surface area contributed by atoms with Gasteiger partial charge in [-0.15, -0.1) is 0 Å². The molecule has 1 heterocycles. The number of amides is 1. The molecule has 0 aliphatic carbocycles. The lowest BCUT2D eigenvalue weighted by Gasteiger charge is -2.24. The number of nitriles is 1. The summed E-state index contributed by atoms with van der Waals surface area (Å²) in [6.45, 7) is 6.43. The summed E-state index contributed by atoms with van der Waals surface area (Å²) in [5.74, 6) is -3.08. The minimum absolute atomic E-state index is 0.104. The quantitative estimate of drug-likeness (QED) is 0.535. The smallest absolute Gasteiger partial charge is 0.272 e. The van der Waals surface area contributed by atoms with E-state index in [0.717, 1.165) is 6.07 Å². The zero-order chi connectivity index (χ0) is 22.8. The number of aliphatic hydroxyl groups is 1. The van der Waals surface area contributed by atoms with Gasteiger partial charge in [-0.05, 0) is 51.0 Å². The van der Waals surface area contributed by atoms with Crippen LogP contribution in [0.1, 0.15) is 59.3 Å². The third kappa shape index (κ3) is 4.81. The Bertz CT molecular complexity index is 1060. The molecule has 1 atom stereocenters. The highest BCUT2D eigenvalue weighted by molar-refractivity contribution is 6.44. The van der Waals surface area contributed by atoms with Crippen LogP contribution in [0.4, 0.5) is 10.1 Å². The van der Waals surface area contributed by atoms with Crippen LogP contribution >= 0.6 is 0 Å². The summed E-state index contributed by atoms with van der Waals surface area (Å²) in [4.78, 5) is 37.7. The zero-order valence-corrected chi connectivity index (χ0v) is 17.5. The van der Waals surface area contributed by atoms with Crippen LogP contribution in [0.15, 0.2) is 24.3 Å². The number of ketones is 2. The molecule has 1 unspecified atom stereocenters. The van der Waals surface area contributed by atoms with E-state index in [2.05, 4.69) is 5.32 Å². The lowest BCUT2D eigenvalue weighted by atomic mass is 9.87. The minimum atomic E-state index is -1.11. The van der Waals surface area contributed by atoms with Crippen LogP contribution < -0.4 is 5.32 Å². The minimum Gasteiger partial charge on any atom is -0.390 e. The summed E-state index contributed by atoms with van der Waals surface area (Å²) in [5, 5.41) is 21.5. The summed E-state index contributed by atoms with van der Waals surface area (Å²) < 4.78 is 14.9. The Morgan fingerprint density at radius 1 is 1.30 bits per heavy atom. The summed E-state index contributed by atoms with van der Waals surface area (Å²) in [7, 11) is 1.58. The summed E-state index contributed by atoms with van der Waals surface area (Å²) in [6.07, 6.45) is -0.120. The molecule has 2 N–H and O–H groups in total. The predicted octanol–water partition coefficient (Wildman–Crippen LogP) is 3.15. The molecule has 0 spiro atoms. The topological polar surface area (TPSA) is 112 Å². The van der Waals surface area contributed by atoms with Gasteiger partial charge in [-0.3, -0.25) is 14.4 Å². The van der Waals surface area contributed by atoms with Crippen molar-refractivity contribution in [2.75, 3.05) is 5.32 Å². The maximum atomic E-state index is 13.5. The fourth-order valence-electron chi connectivity index (χ4n) is 2.80. The molecule has 1 amide bonds. The number of hydrogen-bond acceptors (Lipinski definition) is 5. The normalized spacial score (nSPS) is 12.2. The number of benzene rings is 1. The van der Waals surface area contributed by atoms with Crippen LogP contribution in [0.25, 0.3) is 0 Å². The van der Waals surface area contributed by atoms with E-state index in [1.54, 1.807) is 40.8 Å². The van der Waals surface area contributed by atoms with Gasteiger partial charge in [0.15, 0.2) is 0 Å². The van der Waals surface area contributed by atoms with Gasteiger partial charge in [0.25, 0.3) is 5.91 Å². The molecular formula is C22H24FN3O4. The molecule has 30 heavy (non-hydrogen) atoms. The molecule has 0 aliphatic rings. The standard InChI is InChI=1S/C22H24FN3O4/c1-12(22(3,4)30)8-19(27)20(28)16-10-18(26(5)13(16)2)21(29)25-15-6-7-17(23)14(9-15)11-24/h6-7,9-10,12,30H,8H2,1-5H3,(H,25,29). The van der Waals surface area contributed by atoms with Crippen molar-refractivity contribution < 1.29 is 23.9 Å². The van der Waals surface area contributed by atoms with Crippen molar-refractivity contribution in [3.63, 3.8) is 0 Å². The van der Waals surface area contributed by atoms with Gasteiger partial charge in [0.05, 0.1) is 11.2 Å². The second kappa shape index (κ2) is 8.59. The van der Waals surface area contributed by atoms with Crippen molar-refractivity contribution in [1.82, 2.24) is 4.57 Å². The Balaban J connectivity index is 2.26. The van der Waals surface area contributed by atoms with Crippen LogP contribution in [-0.4, -0.2) is 32.7 Å². The van der Waals surface area contributed by atoms with Crippen LogP contribution in [0.5, 0.6) is 0 Å². The average Bonchev–Trinajstić information content (AvgIpc) is 2.97. The van der Waals surface area contributed by atoms with Gasteiger partial charge in [-0.1, -0.05) is 6.92 Å². The molecule has 0 saturated carbocycles. The number of rotatable bonds is 7. The maximum Gasteiger partial charge on any atom is 0.272 e. The van der Waals surface area contributed by atoms with Gasteiger partial charge in [0, 0.05) is 30.4 Å². The van der Waals surface area contributed by atoms with E-state index in [9.17, 15) is 23.9 Å². The van der Waals surface area contributed by atoms with Crippen LogP contribution in [-0.2, 0) is 11.8 Å². The van der Waals surface area contributed by atoms with Gasteiger partial charge in [-0.2, -0.15) is 5.26 Å². The maximum absolute atomic E-state index is 13.5. The van der Waals surface area contributed by atoms with Crippen LogP contribution in [0.2, 0.25) is 0 Å². The monoisotopic (exact) mass is 413 g/mol. The molecule has 0 radical (unpaired) electrons. The van der Waals surface area contributed by atoms with Gasteiger partial charge < -0.3 is 15.0 Å². The Kier molecular flexibility index (Phi) is 6.58. The highest BCUT2D eigenvalue weighted by Crippen LogP contribution is 2.23. The highest BCUT2D eigenvalue weighted by atomic mass is 19.1. The van der Waals surface area contributed by atoms with Crippen LogP contribution in [0.3, 0.4) is 0 Å². The Morgan fingerprint density at radius 3 is 2.50 bits per heavy atom. The molecule has 0 saturated heterocycles. The molecule has 2 aromatic rings. The number of nitrogens with zero attached hydrogens (tertiary/aromatic N) is 2. The molecule has 0 bridgehead atoms. The molecule has 158 valence electrons. The number of carbonyl (C=O) groups is 3. The lowest BCUT2D eigenvalue weighted by molar-refractivity contribution is -0.117. The molecule has 2 rings (SSSR count). The van der Waals surface area contributed by atoms with Crippen molar-refractivity contribution in [2.24, 2.45) is 13.0 Å². The first-order valence-electron chi connectivity index (χ1n) is 9.34. The van der Waals surface area contributed by atoms with E-state index in [0.29, 0.717) is 5.69 Å². The third-order valence-electron chi connectivity index (χ3n) is 5.31. The Labute approximate surface area is 174 Å². The van der Waals surface area contributed by atoms with Crippen molar-refractivity contribution in [3.8, 4) is 6.07 Å². The summed E-state index contributed by atoms with van der Waals surface area (Å²) in [5.41, 5.74) is -0.428. The van der Waals surface area contributed by atoms with Crippen LogP contribution in [0, 0.1) is 30.0 Å². The fraction of sp³-hybridized carbons (Fsp3) is 0.364. The molecule has 0 fully saturated rings. The molecule has 1 aromatic heterocycles. The first-order valence-corrected chi connectivity index (χ1v) is 9.34. The van der Waals surface area contributed by atoms with Gasteiger partial charge in [-0.25, -0.2) is 4.39 Å². The average molecular weight is 413 g/mol. The number of nitrogens with one attached hydrogen (secondary N) is 1. The van der Waals surface area contributed by atoms with E-state index < -0.39 is 34.8 Å². The number of Topliss-reactive ketones (excluding diaryl/α,β-unsaturated/α-hetero) is 2. The number of aromatic nitrogens is 1. The number of hydrogen-bond donors (Lipinski definition) is 2. The molecule has 7 nitrogen and oxygen atoms in total. The van der Waals surface area contributed by atoms with Crippen molar-refractivity contribution >= 4 is 23.2 Å². The Hall–Kier alpha value is -3.31. The first kappa shape index (κ1) is 23.0. The van der Waals surface area contributed by atoms with E-state index in [-0.39, 0.29) is 28.9 Å². The molecule has 1 aromatic carbocycles. The molecular weight excluding hydrogens is 389 g/mol. The summed E-state index contributed by atoms with van der Waals surface area (Å²) in [6, 6.07) is 6.62. The second-order valence-electron chi connectivity index (χ2n) is 7.86. The van der Waals surface area contributed by atoms with Gasteiger partial charge in [0.2, 0.25) is 11.6 Å². The van der Waals surface area contributed by atoms with Crippen molar-refractivity contribution in [1.29, 1.82) is 5.26 Å². The van der Waals surface area contributed by atoms with Crippen molar-refractivity contribution in [3.05, 3.63) is 52.6 Å². The summed E-state index contributed by atoms with van der Waals surface area (Å²) >= 11 is 0. The number of carbonyl (C=O) groups excluding carboxylic acids is 3. The molecule has 8 heteroatoms. The Morgan fingerprint density at radius 2 is 1.93 bits per heavy atom. The number of anilines is 1. The first-order chi connectivity index (χ1) is 13.9. The zero-order valence-electron chi connectivity index (χ0n) is 17.5. The second-order valence-corrected chi connectivity index (χ2v) is 7.86. The van der Waals surface area contributed by atoms with Gasteiger partial charge in [0.1, 0.15) is 17.6 Å². The molecule has 0 aliphatic heterocycles.